The summed E-state index contributed by atoms with van der Waals surface area (Å²) in [6.45, 7) is 8.43. The van der Waals surface area contributed by atoms with Crippen LogP contribution in [0.25, 0.3) is 0 Å². The smallest absolute Gasteiger partial charge is 0.229 e. The lowest BCUT2D eigenvalue weighted by Crippen LogP contribution is -2.44. The van der Waals surface area contributed by atoms with Crippen LogP contribution >= 0.6 is 0 Å². The molecule has 1 fully saturated rings. The number of aromatic nitrogens is 2. The Balaban J connectivity index is 1.46. The van der Waals surface area contributed by atoms with Gasteiger partial charge in [0.05, 0.1) is 11.9 Å². The van der Waals surface area contributed by atoms with E-state index in [2.05, 4.69) is 93.8 Å². The van der Waals surface area contributed by atoms with Crippen molar-refractivity contribution in [2.24, 2.45) is 0 Å². The first-order valence-electron chi connectivity index (χ1n) is 10.2. The van der Waals surface area contributed by atoms with E-state index < -0.39 is 0 Å². The molecule has 0 radical (unpaired) electrons. The van der Waals surface area contributed by atoms with Gasteiger partial charge in [0.15, 0.2) is 5.82 Å². The van der Waals surface area contributed by atoms with Gasteiger partial charge in [-0.3, -0.25) is 0 Å². The van der Waals surface area contributed by atoms with Gasteiger partial charge in [-0.05, 0) is 68.4 Å². The fourth-order valence-corrected chi connectivity index (χ4v) is 3.68. The monoisotopic (exact) mass is 403 g/mol. The number of hydrogen-bond donors (Lipinski definition) is 3. The first-order chi connectivity index (χ1) is 14.5. The van der Waals surface area contributed by atoms with Gasteiger partial charge in [-0.15, -0.1) is 0 Å². The predicted octanol–water partition coefficient (Wildman–Crippen LogP) is 3.91. The van der Waals surface area contributed by atoms with Gasteiger partial charge in [-0.2, -0.15) is 4.98 Å². The van der Waals surface area contributed by atoms with Crippen LogP contribution in [-0.4, -0.2) is 48.1 Å². The summed E-state index contributed by atoms with van der Waals surface area (Å²) in [6.07, 6.45) is 1.62. The second-order valence-electron chi connectivity index (χ2n) is 7.96. The van der Waals surface area contributed by atoms with Crippen LogP contribution in [0.5, 0.6) is 0 Å². The average molecular weight is 404 g/mol. The van der Waals surface area contributed by atoms with Crippen molar-refractivity contribution in [1.29, 1.82) is 0 Å². The third-order valence-corrected chi connectivity index (χ3v) is 5.29. The van der Waals surface area contributed by atoms with Gasteiger partial charge in [0.25, 0.3) is 0 Å². The molecule has 156 valence electrons. The molecule has 2 heterocycles. The Morgan fingerprint density at radius 2 is 1.53 bits per heavy atom. The zero-order valence-electron chi connectivity index (χ0n) is 17.8. The molecule has 7 heteroatoms. The first kappa shape index (κ1) is 20.0. The number of nitrogens with two attached hydrogens (primary N) is 1. The van der Waals surface area contributed by atoms with Gasteiger partial charge in [0.2, 0.25) is 5.95 Å². The topological polar surface area (TPSA) is 82.3 Å². The molecule has 4 rings (SSSR count). The van der Waals surface area contributed by atoms with E-state index in [0.717, 1.165) is 37.6 Å². The third-order valence-electron chi connectivity index (χ3n) is 5.29. The highest BCUT2D eigenvalue weighted by atomic mass is 15.2. The van der Waals surface area contributed by atoms with Crippen molar-refractivity contribution in [3.05, 3.63) is 59.8 Å². The number of anilines is 6. The van der Waals surface area contributed by atoms with Crippen molar-refractivity contribution >= 4 is 34.5 Å². The lowest BCUT2D eigenvalue weighted by Gasteiger charge is -2.34. The number of likely N-dealkylation sites (N-methyl/N-ethyl adjacent to an activating group) is 1. The minimum atomic E-state index is 0.503. The van der Waals surface area contributed by atoms with Gasteiger partial charge < -0.3 is 26.2 Å². The fourth-order valence-electron chi connectivity index (χ4n) is 3.68. The van der Waals surface area contributed by atoms with E-state index >= 15 is 0 Å². The third kappa shape index (κ3) is 4.80. The molecule has 0 spiro atoms. The number of nitrogens with one attached hydrogen (secondary N) is 2. The number of hydrogen-bond acceptors (Lipinski definition) is 7. The second kappa shape index (κ2) is 8.59. The van der Waals surface area contributed by atoms with E-state index in [0.29, 0.717) is 17.5 Å². The maximum Gasteiger partial charge on any atom is 0.229 e. The van der Waals surface area contributed by atoms with Crippen LogP contribution in [0.15, 0.2) is 48.7 Å². The van der Waals surface area contributed by atoms with E-state index in [1.54, 1.807) is 6.20 Å². The Hall–Kier alpha value is -3.32. The summed E-state index contributed by atoms with van der Waals surface area (Å²) < 4.78 is 0. The predicted molar refractivity (Wildman–Crippen MR) is 125 cm³/mol. The number of benzene rings is 2. The van der Waals surface area contributed by atoms with Crippen molar-refractivity contribution in [1.82, 2.24) is 14.9 Å². The number of nitrogen functional groups attached to an aromatic ring is 1. The Morgan fingerprint density at radius 1 is 0.867 bits per heavy atom. The van der Waals surface area contributed by atoms with Crippen LogP contribution in [0.4, 0.5) is 34.5 Å². The minimum absolute atomic E-state index is 0.503. The summed E-state index contributed by atoms with van der Waals surface area (Å²) >= 11 is 0. The molecule has 4 N–H and O–H groups in total. The van der Waals surface area contributed by atoms with E-state index in [4.69, 9.17) is 5.73 Å². The highest BCUT2D eigenvalue weighted by molar-refractivity contribution is 5.70. The van der Waals surface area contributed by atoms with Gasteiger partial charge >= 0.3 is 0 Å². The minimum Gasteiger partial charge on any atom is -0.394 e. The molecule has 0 amide bonds. The van der Waals surface area contributed by atoms with Gasteiger partial charge in [0.1, 0.15) is 0 Å². The summed E-state index contributed by atoms with van der Waals surface area (Å²) in [6, 6.07) is 14.7. The fraction of sp³-hybridized carbons (Fsp3) is 0.304. The lowest BCUT2D eigenvalue weighted by molar-refractivity contribution is 0.313. The number of piperazine rings is 1. The molecular formula is C23H29N7. The number of nitrogens with zero attached hydrogens (tertiary/aromatic N) is 4. The van der Waals surface area contributed by atoms with Crippen molar-refractivity contribution in [2.45, 2.75) is 13.8 Å². The van der Waals surface area contributed by atoms with E-state index in [9.17, 15) is 0 Å². The molecule has 0 aliphatic carbocycles. The normalized spacial score (nSPS) is 14.6. The van der Waals surface area contributed by atoms with Gasteiger partial charge in [-0.25, -0.2) is 4.98 Å². The maximum absolute atomic E-state index is 6.09. The highest BCUT2D eigenvalue weighted by Gasteiger charge is 2.14. The lowest BCUT2D eigenvalue weighted by atomic mass is 10.1. The van der Waals surface area contributed by atoms with Crippen molar-refractivity contribution < 1.29 is 0 Å². The van der Waals surface area contributed by atoms with Crippen molar-refractivity contribution in [2.75, 3.05) is 54.5 Å². The summed E-state index contributed by atoms with van der Waals surface area (Å²) in [5.74, 6) is 1.09. The Bertz CT molecular complexity index is 988. The molecule has 0 atom stereocenters. The number of rotatable bonds is 5. The summed E-state index contributed by atoms with van der Waals surface area (Å²) in [5.41, 5.74) is 12.1. The van der Waals surface area contributed by atoms with Gasteiger partial charge in [0, 0.05) is 43.2 Å². The molecule has 7 nitrogen and oxygen atoms in total. The second-order valence-corrected chi connectivity index (χ2v) is 7.96. The molecule has 0 bridgehead atoms. The van der Waals surface area contributed by atoms with Crippen LogP contribution in [0.1, 0.15) is 11.1 Å². The van der Waals surface area contributed by atoms with Crippen LogP contribution in [-0.2, 0) is 0 Å². The largest absolute Gasteiger partial charge is 0.394 e. The zero-order chi connectivity index (χ0) is 21.1. The Labute approximate surface area is 177 Å². The SMILES string of the molecule is Cc1cc(C)cc(Nc2nc(Nc3ccc(N4CCN(C)CC4)cc3)ncc2N)c1. The molecule has 1 aliphatic heterocycles. The number of aryl methyl sites for hydroxylation is 2. The molecule has 0 saturated carbocycles. The van der Waals surface area contributed by atoms with Crippen molar-refractivity contribution in [3.63, 3.8) is 0 Å². The zero-order valence-corrected chi connectivity index (χ0v) is 17.8. The highest BCUT2D eigenvalue weighted by Crippen LogP contribution is 2.25. The molecule has 1 aromatic heterocycles. The maximum atomic E-state index is 6.09. The van der Waals surface area contributed by atoms with Crippen LogP contribution in [0, 0.1) is 13.8 Å². The molecule has 3 aromatic rings. The summed E-state index contributed by atoms with van der Waals surface area (Å²) in [4.78, 5) is 13.7. The summed E-state index contributed by atoms with van der Waals surface area (Å²) in [5, 5.41) is 6.58. The molecular weight excluding hydrogens is 374 g/mol. The molecule has 30 heavy (non-hydrogen) atoms. The first-order valence-corrected chi connectivity index (χ1v) is 10.2. The molecule has 1 aliphatic rings. The summed E-state index contributed by atoms with van der Waals surface area (Å²) in [7, 11) is 2.17. The van der Waals surface area contributed by atoms with Crippen LogP contribution < -0.4 is 21.3 Å². The quantitative estimate of drug-likeness (QED) is 0.596. The van der Waals surface area contributed by atoms with E-state index in [-0.39, 0.29) is 0 Å². The Morgan fingerprint density at radius 3 is 2.20 bits per heavy atom. The molecule has 1 saturated heterocycles. The molecule has 0 unspecified atom stereocenters. The van der Waals surface area contributed by atoms with Crippen molar-refractivity contribution in [3.8, 4) is 0 Å². The van der Waals surface area contributed by atoms with E-state index in [1.165, 1.54) is 16.8 Å². The van der Waals surface area contributed by atoms with Gasteiger partial charge in [-0.1, -0.05) is 6.07 Å². The van der Waals surface area contributed by atoms with Crippen LogP contribution in [0.3, 0.4) is 0 Å². The average Bonchev–Trinajstić information content (AvgIpc) is 2.71. The standard InChI is InChI=1S/C23H29N7/c1-16-12-17(2)14-19(13-16)26-22-21(24)15-25-23(28-22)27-18-4-6-20(7-5-18)30-10-8-29(3)9-11-30/h4-7,12-15H,8-11,24H2,1-3H3,(H2,25,26,27,28). The Kier molecular flexibility index (Phi) is 5.72. The van der Waals surface area contributed by atoms with E-state index in [1.807, 2.05) is 0 Å². The van der Waals surface area contributed by atoms with Crippen LogP contribution in [0.2, 0.25) is 0 Å². The molecule has 2 aromatic carbocycles.